The van der Waals surface area contributed by atoms with Crippen LogP contribution in [-0.2, 0) is 4.79 Å². The van der Waals surface area contributed by atoms with Gasteiger partial charge in [0.1, 0.15) is 0 Å². The topological polar surface area (TPSA) is 89.9 Å². The Kier molecular flexibility index (Phi) is 4.26. The SMILES string of the molecule is O=C(O)[C@H]1CN(C(=O)c2cc(N3CCNC3=O)ccc2Cl)C[C@@H]1C1CC1. The predicted molar refractivity (Wildman–Crippen MR) is 95.4 cm³/mol. The van der Waals surface area contributed by atoms with E-state index in [9.17, 15) is 19.5 Å². The van der Waals surface area contributed by atoms with Gasteiger partial charge >= 0.3 is 12.0 Å². The fraction of sp³-hybridized carbons (Fsp3) is 0.500. The molecule has 2 saturated heterocycles. The van der Waals surface area contributed by atoms with Crippen molar-refractivity contribution < 1.29 is 19.5 Å². The van der Waals surface area contributed by atoms with Gasteiger partial charge in [-0.15, -0.1) is 0 Å². The summed E-state index contributed by atoms with van der Waals surface area (Å²) >= 11 is 6.24. The number of urea groups is 1. The Morgan fingerprint density at radius 1 is 1.23 bits per heavy atom. The third-order valence-corrected chi connectivity index (χ3v) is 5.88. The molecule has 7 nitrogen and oxygen atoms in total. The Hall–Kier alpha value is -2.28. The van der Waals surface area contributed by atoms with Crippen LogP contribution >= 0.6 is 11.6 Å². The quantitative estimate of drug-likeness (QED) is 0.840. The smallest absolute Gasteiger partial charge is 0.321 e. The van der Waals surface area contributed by atoms with Crippen LogP contribution in [0.5, 0.6) is 0 Å². The standard InChI is InChI=1S/C18H20ClN3O4/c19-15-4-3-11(22-6-5-20-18(22)26)7-12(15)16(23)21-8-13(10-1-2-10)14(9-21)17(24)25/h3-4,7,10,13-14H,1-2,5-6,8-9H2,(H,20,26)(H,24,25)/t13-,14+/m1/s1. The first-order chi connectivity index (χ1) is 12.5. The van der Waals surface area contributed by atoms with Crippen LogP contribution in [0.3, 0.4) is 0 Å². The lowest BCUT2D eigenvalue weighted by atomic mass is 9.92. The van der Waals surface area contributed by atoms with Crippen molar-refractivity contribution in [2.75, 3.05) is 31.1 Å². The molecule has 1 aromatic carbocycles. The van der Waals surface area contributed by atoms with E-state index in [1.54, 1.807) is 28.0 Å². The highest BCUT2D eigenvalue weighted by Gasteiger charge is 2.47. The first kappa shape index (κ1) is 17.1. The van der Waals surface area contributed by atoms with Crippen LogP contribution in [0.4, 0.5) is 10.5 Å². The van der Waals surface area contributed by atoms with Crippen LogP contribution in [-0.4, -0.2) is 54.1 Å². The third kappa shape index (κ3) is 3.00. The molecular weight excluding hydrogens is 358 g/mol. The third-order valence-electron chi connectivity index (χ3n) is 5.55. The van der Waals surface area contributed by atoms with Crippen molar-refractivity contribution >= 4 is 35.2 Å². The number of anilines is 1. The number of rotatable bonds is 4. The van der Waals surface area contributed by atoms with Gasteiger partial charge in [0.25, 0.3) is 5.91 Å². The fourth-order valence-corrected chi connectivity index (χ4v) is 4.19. The van der Waals surface area contributed by atoms with Crippen molar-refractivity contribution in [1.29, 1.82) is 0 Å². The van der Waals surface area contributed by atoms with Gasteiger partial charge in [-0.3, -0.25) is 14.5 Å². The molecule has 4 rings (SSSR count). The maximum Gasteiger partial charge on any atom is 0.321 e. The molecule has 0 spiro atoms. The van der Waals surface area contributed by atoms with E-state index in [0.717, 1.165) is 12.8 Å². The number of halogens is 1. The Morgan fingerprint density at radius 3 is 2.62 bits per heavy atom. The number of carbonyl (C=O) groups excluding carboxylic acids is 2. The Bertz CT molecular complexity index is 780. The summed E-state index contributed by atoms with van der Waals surface area (Å²) in [5.74, 6) is -1.21. The van der Waals surface area contributed by atoms with Gasteiger partial charge in [-0.25, -0.2) is 4.79 Å². The van der Waals surface area contributed by atoms with Crippen molar-refractivity contribution in [3.05, 3.63) is 28.8 Å². The second-order valence-corrected chi connectivity index (χ2v) is 7.61. The summed E-state index contributed by atoms with van der Waals surface area (Å²) in [7, 11) is 0. The highest BCUT2D eigenvalue weighted by molar-refractivity contribution is 6.34. The maximum atomic E-state index is 13.0. The number of carboxylic acids is 1. The van der Waals surface area contributed by atoms with E-state index in [4.69, 9.17) is 11.6 Å². The molecule has 1 aliphatic carbocycles. The number of carbonyl (C=O) groups is 3. The number of carboxylic acid groups (broad SMARTS) is 1. The molecule has 26 heavy (non-hydrogen) atoms. The molecule has 3 amide bonds. The average molecular weight is 378 g/mol. The molecule has 1 aromatic rings. The van der Waals surface area contributed by atoms with Gasteiger partial charge in [0.2, 0.25) is 0 Å². The Balaban J connectivity index is 1.58. The number of hydrogen-bond donors (Lipinski definition) is 2. The zero-order valence-corrected chi connectivity index (χ0v) is 14.9. The van der Waals surface area contributed by atoms with Gasteiger partial charge in [0.05, 0.1) is 16.5 Å². The highest BCUT2D eigenvalue weighted by atomic mass is 35.5. The molecule has 2 aliphatic heterocycles. The van der Waals surface area contributed by atoms with Crippen molar-refractivity contribution in [3.8, 4) is 0 Å². The molecule has 0 bridgehead atoms. The zero-order valence-electron chi connectivity index (χ0n) is 14.2. The normalized spacial score (nSPS) is 25.5. The largest absolute Gasteiger partial charge is 0.481 e. The van der Waals surface area contributed by atoms with Gasteiger partial charge in [-0.05, 0) is 42.9 Å². The van der Waals surface area contributed by atoms with Gasteiger partial charge in [-0.2, -0.15) is 0 Å². The lowest BCUT2D eigenvalue weighted by Gasteiger charge is -2.20. The van der Waals surface area contributed by atoms with Gasteiger partial charge in [0.15, 0.2) is 0 Å². The molecule has 0 radical (unpaired) electrons. The van der Waals surface area contributed by atoms with Gasteiger partial charge in [0, 0.05) is 31.9 Å². The van der Waals surface area contributed by atoms with Gasteiger partial charge in [-0.1, -0.05) is 11.6 Å². The molecule has 0 aromatic heterocycles. The van der Waals surface area contributed by atoms with Crippen LogP contribution in [0.2, 0.25) is 5.02 Å². The number of likely N-dealkylation sites (tertiary alicyclic amines) is 1. The summed E-state index contributed by atoms with van der Waals surface area (Å²) in [6, 6.07) is 4.74. The summed E-state index contributed by atoms with van der Waals surface area (Å²) in [5.41, 5.74) is 0.921. The number of nitrogens with one attached hydrogen (secondary N) is 1. The number of aliphatic carboxylic acids is 1. The minimum absolute atomic E-state index is 0.0165. The summed E-state index contributed by atoms with van der Waals surface area (Å²) in [4.78, 5) is 39.6. The molecular formula is C18H20ClN3O4. The fourth-order valence-electron chi connectivity index (χ4n) is 3.99. The van der Waals surface area contributed by atoms with Crippen molar-refractivity contribution in [3.63, 3.8) is 0 Å². The molecule has 2 heterocycles. The predicted octanol–water partition coefficient (Wildman–Crippen LogP) is 2.05. The molecule has 3 fully saturated rings. The van der Waals surface area contributed by atoms with Crippen molar-refractivity contribution in [2.24, 2.45) is 17.8 Å². The molecule has 3 aliphatic rings. The average Bonchev–Trinajstić information content (AvgIpc) is 3.21. The van der Waals surface area contributed by atoms with Crippen molar-refractivity contribution in [1.82, 2.24) is 10.2 Å². The molecule has 8 heteroatoms. The monoisotopic (exact) mass is 377 g/mol. The number of amides is 3. The van der Waals surface area contributed by atoms with Crippen LogP contribution in [0.25, 0.3) is 0 Å². The lowest BCUT2D eigenvalue weighted by molar-refractivity contribution is -0.142. The minimum atomic E-state index is -0.842. The Labute approximate surface area is 155 Å². The van der Waals surface area contributed by atoms with Crippen LogP contribution in [0.1, 0.15) is 23.2 Å². The van der Waals surface area contributed by atoms with E-state index >= 15 is 0 Å². The molecule has 0 unspecified atom stereocenters. The summed E-state index contributed by atoms with van der Waals surface area (Å²) in [6.45, 7) is 1.74. The van der Waals surface area contributed by atoms with E-state index in [1.807, 2.05) is 0 Å². The van der Waals surface area contributed by atoms with Crippen LogP contribution in [0.15, 0.2) is 18.2 Å². The number of hydrogen-bond acceptors (Lipinski definition) is 3. The highest BCUT2D eigenvalue weighted by Crippen LogP contribution is 2.44. The van der Waals surface area contributed by atoms with E-state index in [1.165, 1.54) is 0 Å². The molecule has 138 valence electrons. The molecule has 1 saturated carbocycles. The minimum Gasteiger partial charge on any atom is -0.481 e. The zero-order chi connectivity index (χ0) is 18.4. The van der Waals surface area contributed by atoms with Crippen LogP contribution < -0.4 is 10.2 Å². The van der Waals surface area contributed by atoms with E-state index in [2.05, 4.69) is 5.32 Å². The summed E-state index contributed by atoms with van der Waals surface area (Å²) in [6.07, 6.45) is 2.08. The summed E-state index contributed by atoms with van der Waals surface area (Å²) < 4.78 is 0. The van der Waals surface area contributed by atoms with E-state index < -0.39 is 11.9 Å². The molecule has 2 atom stereocenters. The molecule has 2 N–H and O–H groups in total. The lowest BCUT2D eigenvalue weighted by Crippen LogP contribution is -2.31. The second-order valence-electron chi connectivity index (χ2n) is 7.20. The second kappa shape index (κ2) is 6.46. The number of benzene rings is 1. The Morgan fingerprint density at radius 2 is 2.00 bits per heavy atom. The number of nitrogens with zero attached hydrogens (tertiary/aromatic N) is 2. The van der Waals surface area contributed by atoms with Gasteiger partial charge < -0.3 is 15.3 Å². The van der Waals surface area contributed by atoms with E-state index in [-0.39, 0.29) is 24.4 Å². The van der Waals surface area contributed by atoms with Crippen LogP contribution in [0, 0.1) is 17.8 Å². The van der Waals surface area contributed by atoms with Crippen molar-refractivity contribution in [2.45, 2.75) is 12.8 Å². The first-order valence-electron chi connectivity index (χ1n) is 8.82. The van der Waals surface area contributed by atoms with E-state index in [0.29, 0.717) is 41.8 Å². The maximum absolute atomic E-state index is 13.0. The summed E-state index contributed by atoms with van der Waals surface area (Å²) in [5, 5.41) is 12.5. The first-order valence-corrected chi connectivity index (χ1v) is 9.20.